The molecule has 0 saturated carbocycles. The first kappa shape index (κ1) is 17.7. The van der Waals surface area contributed by atoms with Crippen molar-refractivity contribution in [3.8, 4) is 11.5 Å². The molecule has 0 spiro atoms. The number of ketones is 1. The van der Waals surface area contributed by atoms with Crippen LogP contribution >= 0.6 is 12.2 Å². The number of thiocarbonyl (C=S) groups is 1. The van der Waals surface area contributed by atoms with Gasteiger partial charge >= 0.3 is 0 Å². The second kappa shape index (κ2) is 7.44. The van der Waals surface area contributed by atoms with Crippen molar-refractivity contribution in [3.05, 3.63) is 35.0 Å². The van der Waals surface area contributed by atoms with Gasteiger partial charge in [0.15, 0.2) is 22.4 Å². The number of allylic oxidation sites excluding steroid dienone is 1. The van der Waals surface area contributed by atoms with Gasteiger partial charge in [-0.3, -0.25) is 4.79 Å². The number of ether oxygens (including phenoxy) is 2. The molecule has 0 amide bonds. The highest BCUT2D eigenvalue weighted by Gasteiger charge is 2.36. The number of Topliss-reactive ketones (excluding diaryl/α,β-unsaturated/α-hetero) is 1. The van der Waals surface area contributed by atoms with E-state index in [4.69, 9.17) is 21.7 Å². The van der Waals surface area contributed by atoms with E-state index >= 15 is 0 Å². The lowest BCUT2D eigenvalue weighted by molar-refractivity contribution is -0.116. The molecule has 5 nitrogen and oxygen atoms in total. The number of rotatable bonds is 5. The van der Waals surface area contributed by atoms with Crippen LogP contribution in [0.1, 0.15) is 44.2 Å². The van der Waals surface area contributed by atoms with Gasteiger partial charge in [0.25, 0.3) is 0 Å². The van der Waals surface area contributed by atoms with Gasteiger partial charge in [-0.25, -0.2) is 0 Å². The number of hydrogen-bond acceptors (Lipinski definition) is 4. The lowest BCUT2D eigenvalue weighted by Gasteiger charge is -2.39. The molecule has 1 aliphatic carbocycles. The number of hydrogen-bond donors (Lipinski definition) is 1. The maximum absolute atomic E-state index is 12.6. The Morgan fingerprint density at radius 1 is 1.32 bits per heavy atom. The van der Waals surface area contributed by atoms with Crippen LogP contribution in [-0.2, 0) is 4.79 Å². The first-order valence-corrected chi connectivity index (χ1v) is 9.08. The zero-order valence-corrected chi connectivity index (χ0v) is 15.7. The second-order valence-electron chi connectivity index (χ2n) is 6.34. The molecule has 1 atom stereocenters. The molecule has 0 bridgehead atoms. The summed E-state index contributed by atoms with van der Waals surface area (Å²) in [5.41, 5.74) is 2.82. The van der Waals surface area contributed by atoms with Crippen LogP contribution in [0.5, 0.6) is 11.5 Å². The summed E-state index contributed by atoms with van der Waals surface area (Å²) in [6, 6.07) is 5.58. The Hall–Kier alpha value is -2.08. The highest BCUT2D eigenvalue weighted by Crippen LogP contribution is 2.39. The second-order valence-corrected chi connectivity index (χ2v) is 6.72. The Morgan fingerprint density at radius 3 is 2.84 bits per heavy atom. The van der Waals surface area contributed by atoms with E-state index < -0.39 is 0 Å². The van der Waals surface area contributed by atoms with Crippen molar-refractivity contribution in [2.24, 2.45) is 0 Å². The van der Waals surface area contributed by atoms with E-state index in [1.54, 1.807) is 7.11 Å². The van der Waals surface area contributed by atoms with Gasteiger partial charge in [-0.2, -0.15) is 0 Å². The molecule has 1 heterocycles. The molecular formula is C19H24N2O3S. The molecule has 0 radical (unpaired) electrons. The zero-order valence-electron chi connectivity index (χ0n) is 14.9. The summed E-state index contributed by atoms with van der Waals surface area (Å²) >= 11 is 5.47. The van der Waals surface area contributed by atoms with Gasteiger partial charge in [0, 0.05) is 24.7 Å². The van der Waals surface area contributed by atoms with Crippen LogP contribution in [-0.4, -0.2) is 36.6 Å². The summed E-state index contributed by atoms with van der Waals surface area (Å²) in [5.74, 6) is 1.58. The van der Waals surface area contributed by atoms with Crippen molar-refractivity contribution in [1.82, 2.24) is 10.2 Å². The predicted octanol–water partition coefficient (Wildman–Crippen LogP) is 3.35. The highest BCUT2D eigenvalue weighted by molar-refractivity contribution is 7.80. The molecule has 25 heavy (non-hydrogen) atoms. The van der Waals surface area contributed by atoms with Gasteiger partial charge in [0.2, 0.25) is 0 Å². The molecule has 0 fully saturated rings. The van der Waals surface area contributed by atoms with Gasteiger partial charge in [-0.15, -0.1) is 0 Å². The molecular weight excluding hydrogens is 336 g/mol. The van der Waals surface area contributed by atoms with Crippen molar-refractivity contribution in [2.45, 2.75) is 38.6 Å². The van der Waals surface area contributed by atoms with Crippen LogP contribution < -0.4 is 14.8 Å². The number of carbonyl (C=O) groups is 1. The fraction of sp³-hybridized carbons (Fsp3) is 0.474. The number of carbonyl (C=O) groups excluding carboxylic acids is 1. The fourth-order valence-electron chi connectivity index (χ4n) is 3.38. The molecule has 1 aromatic rings. The standard InChI is InChI=1S/C19H24N2O3S/c1-4-10-24-15-9-8-12(11-16(15)23-3)18-17-13(6-5-7-14(17)22)21(2)19(25)20-18/h8-9,11,18H,4-7,10H2,1-3H3,(H,20,25). The summed E-state index contributed by atoms with van der Waals surface area (Å²) in [4.78, 5) is 14.5. The third-order valence-corrected chi connectivity index (χ3v) is 5.07. The Labute approximate surface area is 154 Å². The van der Waals surface area contributed by atoms with E-state index in [0.717, 1.165) is 36.1 Å². The lowest BCUT2D eigenvalue weighted by atomic mass is 9.85. The molecule has 1 unspecified atom stereocenters. The summed E-state index contributed by atoms with van der Waals surface area (Å²) in [7, 11) is 3.54. The first-order valence-electron chi connectivity index (χ1n) is 8.68. The minimum absolute atomic E-state index is 0.193. The Morgan fingerprint density at radius 2 is 2.12 bits per heavy atom. The summed E-state index contributed by atoms with van der Waals surface area (Å²) < 4.78 is 11.2. The van der Waals surface area contributed by atoms with Gasteiger partial charge in [-0.1, -0.05) is 13.0 Å². The van der Waals surface area contributed by atoms with Crippen LogP contribution in [0.2, 0.25) is 0 Å². The Bertz CT molecular complexity index is 729. The van der Waals surface area contributed by atoms with Crippen molar-refractivity contribution in [2.75, 3.05) is 20.8 Å². The number of nitrogens with one attached hydrogen (secondary N) is 1. The van der Waals surface area contributed by atoms with Crippen molar-refractivity contribution in [3.63, 3.8) is 0 Å². The number of methoxy groups -OCH3 is 1. The predicted molar refractivity (Wildman–Crippen MR) is 101 cm³/mol. The minimum atomic E-state index is -0.236. The van der Waals surface area contributed by atoms with Gasteiger partial charge in [-0.05, 0) is 49.2 Å². The summed E-state index contributed by atoms with van der Waals surface area (Å²) in [6.45, 7) is 2.70. The average Bonchev–Trinajstić information content (AvgIpc) is 2.63. The van der Waals surface area contributed by atoms with E-state index in [1.165, 1.54) is 0 Å². The summed E-state index contributed by atoms with van der Waals surface area (Å²) in [5, 5.41) is 3.95. The van der Waals surface area contributed by atoms with Crippen molar-refractivity contribution < 1.29 is 14.3 Å². The third-order valence-electron chi connectivity index (χ3n) is 4.68. The van der Waals surface area contributed by atoms with Crippen LogP contribution in [0.4, 0.5) is 0 Å². The molecule has 0 aromatic heterocycles. The van der Waals surface area contributed by atoms with Crippen molar-refractivity contribution in [1.29, 1.82) is 0 Å². The fourth-order valence-corrected chi connectivity index (χ4v) is 3.61. The van der Waals surface area contributed by atoms with Gasteiger partial charge in [0.1, 0.15) is 0 Å². The molecule has 6 heteroatoms. The normalized spacial score (nSPS) is 20.3. The number of benzene rings is 1. The van der Waals surface area contributed by atoms with E-state index in [-0.39, 0.29) is 11.8 Å². The molecule has 1 N–H and O–H groups in total. The maximum atomic E-state index is 12.6. The van der Waals surface area contributed by atoms with Gasteiger partial charge < -0.3 is 19.7 Å². The molecule has 0 saturated heterocycles. The zero-order chi connectivity index (χ0) is 18.0. The monoisotopic (exact) mass is 360 g/mol. The van der Waals surface area contributed by atoms with Crippen LogP contribution in [0.25, 0.3) is 0 Å². The number of nitrogens with zero attached hydrogens (tertiary/aromatic N) is 1. The van der Waals surface area contributed by atoms with Crippen molar-refractivity contribution >= 4 is 23.1 Å². The third kappa shape index (κ3) is 3.35. The maximum Gasteiger partial charge on any atom is 0.173 e. The van der Waals surface area contributed by atoms with Crippen LogP contribution in [0.15, 0.2) is 29.5 Å². The largest absolute Gasteiger partial charge is 0.493 e. The quantitative estimate of drug-likeness (QED) is 0.813. The van der Waals surface area contributed by atoms with E-state index in [1.807, 2.05) is 30.1 Å². The van der Waals surface area contributed by atoms with Gasteiger partial charge in [0.05, 0.1) is 19.8 Å². The topological polar surface area (TPSA) is 50.8 Å². The molecule has 134 valence electrons. The van der Waals surface area contributed by atoms with Crippen LogP contribution in [0.3, 0.4) is 0 Å². The van der Waals surface area contributed by atoms with E-state index in [9.17, 15) is 4.79 Å². The Kier molecular flexibility index (Phi) is 5.27. The molecule has 3 rings (SSSR count). The van der Waals surface area contributed by atoms with E-state index in [0.29, 0.717) is 29.6 Å². The molecule has 1 aliphatic heterocycles. The highest BCUT2D eigenvalue weighted by atomic mass is 32.1. The minimum Gasteiger partial charge on any atom is -0.493 e. The molecule has 2 aliphatic rings. The van der Waals surface area contributed by atoms with Crippen LogP contribution in [0, 0.1) is 0 Å². The summed E-state index contributed by atoms with van der Waals surface area (Å²) in [6.07, 6.45) is 3.28. The van der Waals surface area contributed by atoms with E-state index in [2.05, 4.69) is 12.2 Å². The lowest BCUT2D eigenvalue weighted by Crippen LogP contribution is -2.47. The SMILES string of the molecule is CCCOc1ccc(C2NC(=S)N(C)C3=C2C(=O)CCC3)cc1OC. The average molecular weight is 360 g/mol. The smallest absolute Gasteiger partial charge is 0.173 e. The molecule has 1 aromatic carbocycles. The Balaban J connectivity index is 2.01. The first-order chi connectivity index (χ1) is 12.1.